The van der Waals surface area contributed by atoms with Crippen molar-refractivity contribution >= 4 is 34.8 Å². The van der Waals surface area contributed by atoms with Crippen LogP contribution in [0.5, 0.6) is 0 Å². The van der Waals surface area contributed by atoms with Crippen molar-refractivity contribution in [3.8, 4) is 0 Å². The first-order valence-corrected chi connectivity index (χ1v) is 8.26. The van der Waals surface area contributed by atoms with Gasteiger partial charge < -0.3 is 11.1 Å². The van der Waals surface area contributed by atoms with E-state index in [1.54, 1.807) is 0 Å². The standard InChI is InChI=1S/C17H23N3OS.ClH/c1-10(2)15(18)16(21)20-17-19-12(4)14(22-17)9-13-7-5-11(3)6-8-13;/h5-8,10,15H,9,18H2,1-4H3,(H,19,20,21);1H/t15-;/m0./s1. The lowest BCUT2D eigenvalue weighted by Gasteiger charge is -2.13. The zero-order chi connectivity index (χ0) is 16.3. The molecule has 1 aromatic heterocycles. The second-order valence-electron chi connectivity index (χ2n) is 5.95. The zero-order valence-electron chi connectivity index (χ0n) is 13.9. The van der Waals surface area contributed by atoms with E-state index in [9.17, 15) is 4.79 Å². The normalized spacial score (nSPS) is 11.9. The van der Waals surface area contributed by atoms with Gasteiger partial charge in [-0.2, -0.15) is 0 Å². The maximum Gasteiger partial charge on any atom is 0.243 e. The molecule has 0 aliphatic carbocycles. The highest BCUT2D eigenvalue weighted by Crippen LogP contribution is 2.25. The van der Waals surface area contributed by atoms with Crippen LogP contribution in [0.2, 0.25) is 0 Å². The summed E-state index contributed by atoms with van der Waals surface area (Å²) in [4.78, 5) is 17.6. The summed E-state index contributed by atoms with van der Waals surface area (Å²) in [5.41, 5.74) is 9.31. The third kappa shape index (κ3) is 5.30. The molecule has 23 heavy (non-hydrogen) atoms. The van der Waals surface area contributed by atoms with Crippen LogP contribution in [0, 0.1) is 19.8 Å². The fourth-order valence-corrected chi connectivity index (χ4v) is 3.03. The van der Waals surface area contributed by atoms with E-state index < -0.39 is 6.04 Å². The Morgan fingerprint density at radius 3 is 2.43 bits per heavy atom. The zero-order valence-corrected chi connectivity index (χ0v) is 15.6. The van der Waals surface area contributed by atoms with Crippen LogP contribution in [0.3, 0.4) is 0 Å². The van der Waals surface area contributed by atoms with Crippen LogP contribution in [0.25, 0.3) is 0 Å². The van der Waals surface area contributed by atoms with E-state index in [2.05, 4.69) is 41.5 Å². The molecule has 0 fully saturated rings. The molecular weight excluding hydrogens is 330 g/mol. The Morgan fingerprint density at radius 2 is 1.87 bits per heavy atom. The Morgan fingerprint density at radius 1 is 1.26 bits per heavy atom. The molecule has 0 saturated carbocycles. The minimum absolute atomic E-state index is 0. The van der Waals surface area contributed by atoms with Crippen molar-refractivity contribution < 1.29 is 4.79 Å². The van der Waals surface area contributed by atoms with Gasteiger partial charge in [0.1, 0.15) is 0 Å². The highest BCUT2D eigenvalue weighted by molar-refractivity contribution is 7.15. The molecule has 126 valence electrons. The van der Waals surface area contributed by atoms with Crippen molar-refractivity contribution in [3.05, 3.63) is 46.0 Å². The fourth-order valence-electron chi connectivity index (χ4n) is 2.03. The molecule has 0 spiro atoms. The number of amides is 1. The van der Waals surface area contributed by atoms with Gasteiger partial charge in [0.2, 0.25) is 5.91 Å². The Bertz CT molecular complexity index is 652. The number of benzene rings is 1. The quantitative estimate of drug-likeness (QED) is 0.861. The summed E-state index contributed by atoms with van der Waals surface area (Å²) in [7, 11) is 0. The van der Waals surface area contributed by atoms with Crippen molar-refractivity contribution in [3.63, 3.8) is 0 Å². The molecule has 0 aliphatic rings. The second-order valence-corrected chi connectivity index (χ2v) is 7.03. The number of halogens is 1. The number of carbonyl (C=O) groups is 1. The predicted octanol–water partition coefficient (Wildman–Crippen LogP) is 3.69. The second kappa shape index (κ2) is 8.43. The molecule has 0 unspecified atom stereocenters. The number of nitrogens with one attached hydrogen (secondary N) is 1. The van der Waals surface area contributed by atoms with Gasteiger partial charge in [-0.1, -0.05) is 43.7 Å². The maximum absolute atomic E-state index is 12.0. The van der Waals surface area contributed by atoms with Gasteiger partial charge in [-0.05, 0) is 25.3 Å². The molecule has 1 atom stereocenters. The van der Waals surface area contributed by atoms with Crippen molar-refractivity contribution in [2.45, 2.75) is 40.2 Å². The number of thiazole rings is 1. The van der Waals surface area contributed by atoms with Crippen LogP contribution >= 0.6 is 23.7 Å². The first kappa shape index (κ1) is 19.6. The number of rotatable bonds is 5. The summed E-state index contributed by atoms with van der Waals surface area (Å²) < 4.78 is 0. The molecule has 3 N–H and O–H groups in total. The molecule has 1 aromatic carbocycles. The first-order chi connectivity index (χ1) is 10.4. The molecule has 0 radical (unpaired) electrons. The lowest BCUT2D eigenvalue weighted by atomic mass is 10.1. The molecular formula is C17H24ClN3OS. The number of aryl methyl sites for hydroxylation is 2. The maximum atomic E-state index is 12.0. The molecule has 1 heterocycles. The van der Waals surface area contributed by atoms with Gasteiger partial charge in [-0.25, -0.2) is 4.98 Å². The number of hydrogen-bond acceptors (Lipinski definition) is 4. The average molecular weight is 354 g/mol. The van der Waals surface area contributed by atoms with Crippen LogP contribution in [0.4, 0.5) is 5.13 Å². The van der Waals surface area contributed by atoms with Gasteiger partial charge in [-0.3, -0.25) is 4.79 Å². The van der Waals surface area contributed by atoms with Crippen LogP contribution in [0.1, 0.15) is 35.5 Å². The molecule has 2 rings (SSSR count). The van der Waals surface area contributed by atoms with Gasteiger partial charge in [0, 0.05) is 11.3 Å². The number of anilines is 1. The monoisotopic (exact) mass is 353 g/mol. The number of aromatic nitrogens is 1. The minimum Gasteiger partial charge on any atom is -0.320 e. The van der Waals surface area contributed by atoms with Crippen LogP contribution in [0.15, 0.2) is 24.3 Å². The van der Waals surface area contributed by atoms with E-state index in [1.165, 1.54) is 22.5 Å². The highest BCUT2D eigenvalue weighted by atomic mass is 35.5. The Hall–Kier alpha value is -1.43. The Balaban J connectivity index is 0.00000264. The third-order valence-electron chi connectivity index (χ3n) is 3.63. The smallest absolute Gasteiger partial charge is 0.243 e. The lowest BCUT2D eigenvalue weighted by molar-refractivity contribution is -0.118. The van der Waals surface area contributed by atoms with E-state index in [1.807, 2.05) is 20.8 Å². The van der Waals surface area contributed by atoms with E-state index in [4.69, 9.17) is 5.73 Å². The molecule has 1 amide bonds. The van der Waals surface area contributed by atoms with Gasteiger partial charge in [-0.15, -0.1) is 23.7 Å². The minimum atomic E-state index is -0.509. The third-order valence-corrected chi connectivity index (χ3v) is 4.70. The van der Waals surface area contributed by atoms with Gasteiger partial charge in [0.15, 0.2) is 5.13 Å². The number of hydrogen-bond donors (Lipinski definition) is 2. The molecule has 6 heteroatoms. The van der Waals surface area contributed by atoms with E-state index in [-0.39, 0.29) is 24.2 Å². The highest BCUT2D eigenvalue weighted by Gasteiger charge is 2.19. The predicted molar refractivity (Wildman–Crippen MR) is 99.5 cm³/mol. The SMILES string of the molecule is Cc1ccc(Cc2sc(NC(=O)[C@@H](N)C(C)C)nc2C)cc1.Cl. The number of nitrogens with zero attached hydrogens (tertiary/aromatic N) is 1. The first-order valence-electron chi connectivity index (χ1n) is 7.45. The molecule has 2 aromatic rings. The molecule has 0 aliphatic heterocycles. The van der Waals surface area contributed by atoms with E-state index >= 15 is 0 Å². The van der Waals surface area contributed by atoms with Gasteiger partial charge in [0.05, 0.1) is 11.7 Å². The number of carbonyl (C=O) groups excluding carboxylic acids is 1. The van der Waals surface area contributed by atoms with Crippen molar-refractivity contribution in [1.82, 2.24) is 4.98 Å². The summed E-state index contributed by atoms with van der Waals surface area (Å²) in [6.45, 7) is 7.91. The van der Waals surface area contributed by atoms with Crippen molar-refractivity contribution in [2.75, 3.05) is 5.32 Å². The lowest BCUT2D eigenvalue weighted by Crippen LogP contribution is -2.39. The van der Waals surface area contributed by atoms with E-state index in [0.717, 1.165) is 17.0 Å². The Labute approximate surface area is 147 Å². The number of nitrogens with two attached hydrogens (primary N) is 1. The van der Waals surface area contributed by atoms with Crippen LogP contribution in [-0.4, -0.2) is 16.9 Å². The summed E-state index contributed by atoms with van der Waals surface area (Å²) >= 11 is 1.52. The van der Waals surface area contributed by atoms with Crippen molar-refractivity contribution in [2.24, 2.45) is 11.7 Å². The fraction of sp³-hybridized carbons (Fsp3) is 0.412. The van der Waals surface area contributed by atoms with Crippen LogP contribution < -0.4 is 11.1 Å². The van der Waals surface area contributed by atoms with Gasteiger partial charge >= 0.3 is 0 Å². The summed E-state index contributed by atoms with van der Waals surface area (Å²) in [5.74, 6) is -0.0706. The summed E-state index contributed by atoms with van der Waals surface area (Å²) in [6.07, 6.45) is 0.829. The Kier molecular flexibility index (Phi) is 7.19. The molecule has 0 bridgehead atoms. The topological polar surface area (TPSA) is 68.0 Å². The molecule has 4 nitrogen and oxygen atoms in total. The van der Waals surface area contributed by atoms with Crippen molar-refractivity contribution in [1.29, 1.82) is 0 Å². The van der Waals surface area contributed by atoms with E-state index in [0.29, 0.717) is 5.13 Å². The van der Waals surface area contributed by atoms with Crippen LogP contribution in [-0.2, 0) is 11.2 Å². The average Bonchev–Trinajstić information content (AvgIpc) is 2.80. The molecule has 0 saturated heterocycles. The van der Waals surface area contributed by atoms with Gasteiger partial charge in [0.25, 0.3) is 0 Å². The largest absolute Gasteiger partial charge is 0.320 e. The summed E-state index contributed by atoms with van der Waals surface area (Å²) in [6, 6.07) is 7.96. The summed E-state index contributed by atoms with van der Waals surface area (Å²) in [5, 5.41) is 3.45.